The van der Waals surface area contributed by atoms with Gasteiger partial charge in [-0.3, -0.25) is 9.88 Å². The molecule has 2 heterocycles. The maximum Gasteiger partial charge on any atom is 0.123 e. The van der Waals surface area contributed by atoms with Crippen molar-refractivity contribution in [2.45, 2.75) is 37.9 Å². The van der Waals surface area contributed by atoms with E-state index in [9.17, 15) is 0 Å². The summed E-state index contributed by atoms with van der Waals surface area (Å²) >= 11 is 0. The normalized spacial score (nSPS) is 25.8. The highest BCUT2D eigenvalue weighted by molar-refractivity contribution is 5.32. The average molecular weight is 324 g/mol. The SMILES string of the molecule is COc1cccc(OC[C@@H]2[C@@H]3CC[C@@H](C3)N2Cc2cccnc2)c1. The van der Waals surface area contributed by atoms with Crippen molar-refractivity contribution in [2.75, 3.05) is 13.7 Å². The second-order valence-electron chi connectivity index (χ2n) is 6.82. The highest BCUT2D eigenvalue weighted by atomic mass is 16.5. The van der Waals surface area contributed by atoms with E-state index in [0.717, 1.165) is 30.6 Å². The number of likely N-dealkylation sites (tertiary alicyclic amines) is 1. The number of aromatic nitrogens is 1. The lowest BCUT2D eigenvalue weighted by Gasteiger charge is -2.35. The number of rotatable bonds is 6. The lowest BCUT2D eigenvalue weighted by molar-refractivity contribution is 0.0866. The van der Waals surface area contributed by atoms with Gasteiger partial charge in [-0.25, -0.2) is 0 Å². The van der Waals surface area contributed by atoms with Gasteiger partial charge in [-0.2, -0.15) is 0 Å². The maximum absolute atomic E-state index is 6.12. The number of hydrogen-bond donors (Lipinski definition) is 0. The summed E-state index contributed by atoms with van der Waals surface area (Å²) < 4.78 is 11.4. The molecule has 1 saturated carbocycles. The van der Waals surface area contributed by atoms with E-state index in [-0.39, 0.29) is 0 Å². The Kier molecular flexibility index (Phi) is 4.39. The Bertz CT molecular complexity index is 676. The molecule has 1 aromatic heterocycles. The van der Waals surface area contributed by atoms with Gasteiger partial charge >= 0.3 is 0 Å². The van der Waals surface area contributed by atoms with Crippen molar-refractivity contribution >= 4 is 0 Å². The summed E-state index contributed by atoms with van der Waals surface area (Å²) in [6, 6.07) is 13.3. The Hall–Kier alpha value is -2.07. The Morgan fingerprint density at radius 3 is 2.92 bits per heavy atom. The molecule has 2 bridgehead atoms. The third kappa shape index (κ3) is 3.11. The molecule has 1 aromatic carbocycles. The van der Waals surface area contributed by atoms with E-state index < -0.39 is 0 Å². The molecule has 0 N–H and O–H groups in total. The van der Waals surface area contributed by atoms with Crippen LogP contribution in [0.1, 0.15) is 24.8 Å². The number of piperidine rings is 1. The summed E-state index contributed by atoms with van der Waals surface area (Å²) in [6.45, 7) is 1.72. The molecular formula is C20H24N2O2. The minimum absolute atomic E-state index is 0.496. The van der Waals surface area contributed by atoms with Crippen LogP contribution in [0.25, 0.3) is 0 Å². The topological polar surface area (TPSA) is 34.6 Å². The lowest BCUT2D eigenvalue weighted by Crippen LogP contribution is -2.43. The summed E-state index contributed by atoms with van der Waals surface area (Å²) in [7, 11) is 1.69. The van der Waals surface area contributed by atoms with E-state index in [1.165, 1.54) is 24.8 Å². The average Bonchev–Trinajstić information content (AvgIpc) is 3.23. The molecule has 2 aromatic rings. The summed E-state index contributed by atoms with van der Waals surface area (Å²) in [5.41, 5.74) is 1.29. The summed E-state index contributed by atoms with van der Waals surface area (Å²) in [5, 5.41) is 0. The van der Waals surface area contributed by atoms with Crippen LogP contribution >= 0.6 is 0 Å². The van der Waals surface area contributed by atoms with Crippen molar-refractivity contribution in [3.05, 3.63) is 54.4 Å². The Morgan fingerprint density at radius 2 is 2.08 bits per heavy atom. The first-order valence-corrected chi connectivity index (χ1v) is 8.75. The van der Waals surface area contributed by atoms with Crippen LogP contribution in [0.5, 0.6) is 11.5 Å². The standard InChI is InChI=1S/C20H24N2O2/c1-23-18-5-2-6-19(11-18)24-14-20-16-7-8-17(10-16)22(20)13-15-4-3-9-21-12-15/h2-6,9,11-12,16-17,20H,7-8,10,13-14H2,1H3/t16-,17+,20-/m1/s1. The highest BCUT2D eigenvalue weighted by Gasteiger charge is 2.45. The van der Waals surface area contributed by atoms with Gasteiger partial charge in [-0.05, 0) is 48.9 Å². The smallest absolute Gasteiger partial charge is 0.123 e. The van der Waals surface area contributed by atoms with Gasteiger partial charge in [0.2, 0.25) is 0 Å². The van der Waals surface area contributed by atoms with E-state index in [0.29, 0.717) is 12.1 Å². The zero-order valence-corrected chi connectivity index (χ0v) is 14.1. The van der Waals surface area contributed by atoms with Crippen LogP contribution in [0.4, 0.5) is 0 Å². The van der Waals surface area contributed by atoms with Gasteiger partial charge in [-0.1, -0.05) is 12.1 Å². The fraction of sp³-hybridized carbons (Fsp3) is 0.450. The Labute approximate surface area is 143 Å². The number of benzene rings is 1. The quantitative estimate of drug-likeness (QED) is 0.814. The van der Waals surface area contributed by atoms with Crippen LogP contribution in [0.15, 0.2) is 48.8 Å². The first-order chi connectivity index (χ1) is 11.8. The number of ether oxygens (including phenoxy) is 2. The fourth-order valence-corrected chi connectivity index (χ4v) is 4.24. The minimum atomic E-state index is 0.496. The van der Waals surface area contributed by atoms with Crippen molar-refractivity contribution in [1.29, 1.82) is 0 Å². The van der Waals surface area contributed by atoms with Gasteiger partial charge in [0.1, 0.15) is 18.1 Å². The zero-order valence-electron chi connectivity index (χ0n) is 14.1. The van der Waals surface area contributed by atoms with E-state index in [2.05, 4.69) is 16.0 Å². The van der Waals surface area contributed by atoms with E-state index in [1.807, 2.05) is 42.7 Å². The van der Waals surface area contributed by atoms with Crippen LogP contribution < -0.4 is 9.47 Å². The second kappa shape index (κ2) is 6.81. The lowest BCUT2D eigenvalue weighted by atomic mass is 9.99. The zero-order chi connectivity index (χ0) is 16.4. The van der Waals surface area contributed by atoms with Crippen LogP contribution in [-0.2, 0) is 6.54 Å². The number of fused-ring (bicyclic) bond motifs is 2. The molecule has 1 saturated heterocycles. The number of pyridine rings is 1. The molecule has 126 valence electrons. The molecule has 0 spiro atoms. The summed E-state index contributed by atoms with van der Waals surface area (Å²) in [4.78, 5) is 6.89. The van der Waals surface area contributed by atoms with Crippen molar-refractivity contribution in [3.63, 3.8) is 0 Å². The van der Waals surface area contributed by atoms with Crippen molar-refractivity contribution in [2.24, 2.45) is 5.92 Å². The highest BCUT2D eigenvalue weighted by Crippen LogP contribution is 2.43. The third-order valence-electron chi connectivity index (χ3n) is 5.43. The van der Waals surface area contributed by atoms with E-state index >= 15 is 0 Å². The van der Waals surface area contributed by atoms with Gasteiger partial charge in [0, 0.05) is 37.1 Å². The summed E-state index contributed by atoms with van der Waals surface area (Å²) in [6.07, 6.45) is 7.78. The van der Waals surface area contributed by atoms with Gasteiger partial charge in [0.15, 0.2) is 0 Å². The number of nitrogens with zero attached hydrogens (tertiary/aromatic N) is 2. The van der Waals surface area contributed by atoms with E-state index in [4.69, 9.17) is 9.47 Å². The Morgan fingerprint density at radius 1 is 1.17 bits per heavy atom. The van der Waals surface area contributed by atoms with Crippen molar-refractivity contribution in [3.8, 4) is 11.5 Å². The van der Waals surface area contributed by atoms with Gasteiger partial charge in [-0.15, -0.1) is 0 Å². The fourth-order valence-electron chi connectivity index (χ4n) is 4.24. The van der Waals surface area contributed by atoms with Crippen LogP contribution in [-0.4, -0.2) is 35.7 Å². The molecule has 1 aliphatic heterocycles. The van der Waals surface area contributed by atoms with Gasteiger partial charge in [0.05, 0.1) is 7.11 Å². The number of hydrogen-bond acceptors (Lipinski definition) is 4. The van der Waals surface area contributed by atoms with Crippen LogP contribution in [0.2, 0.25) is 0 Å². The van der Waals surface area contributed by atoms with Gasteiger partial charge < -0.3 is 9.47 Å². The molecule has 2 fully saturated rings. The predicted molar refractivity (Wildman–Crippen MR) is 93.2 cm³/mol. The van der Waals surface area contributed by atoms with Crippen molar-refractivity contribution in [1.82, 2.24) is 9.88 Å². The Balaban J connectivity index is 1.44. The molecule has 0 unspecified atom stereocenters. The number of methoxy groups -OCH3 is 1. The molecule has 1 aliphatic carbocycles. The molecule has 24 heavy (non-hydrogen) atoms. The van der Waals surface area contributed by atoms with E-state index in [1.54, 1.807) is 7.11 Å². The third-order valence-corrected chi connectivity index (χ3v) is 5.43. The summed E-state index contributed by atoms with van der Waals surface area (Å²) in [5.74, 6) is 2.49. The molecule has 4 nitrogen and oxygen atoms in total. The first-order valence-electron chi connectivity index (χ1n) is 8.75. The predicted octanol–water partition coefficient (Wildman–Crippen LogP) is 3.52. The molecule has 0 amide bonds. The van der Waals surface area contributed by atoms with Gasteiger partial charge in [0.25, 0.3) is 0 Å². The molecule has 0 radical (unpaired) electrons. The van der Waals surface area contributed by atoms with Crippen LogP contribution in [0, 0.1) is 5.92 Å². The maximum atomic E-state index is 6.12. The monoisotopic (exact) mass is 324 g/mol. The molecule has 4 heteroatoms. The molecule has 4 rings (SSSR count). The molecule has 2 aliphatic rings. The van der Waals surface area contributed by atoms with Crippen molar-refractivity contribution < 1.29 is 9.47 Å². The largest absolute Gasteiger partial charge is 0.497 e. The van der Waals surface area contributed by atoms with Crippen LogP contribution in [0.3, 0.4) is 0 Å². The second-order valence-corrected chi connectivity index (χ2v) is 6.82. The molecule has 3 atom stereocenters. The first kappa shape index (κ1) is 15.5. The molecular weight excluding hydrogens is 300 g/mol. The minimum Gasteiger partial charge on any atom is -0.497 e.